The molecule has 2 heterocycles. The first kappa shape index (κ1) is 29.5. The summed E-state index contributed by atoms with van der Waals surface area (Å²) in [6.07, 6.45) is 7.14. The highest BCUT2D eigenvalue weighted by atomic mass is 16.7. The van der Waals surface area contributed by atoms with Crippen molar-refractivity contribution >= 4 is 11.9 Å². The number of fused-ring (bicyclic) bond motifs is 5. The molecule has 1 saturated heterocycles. The number of carbonyl (C=O) groups is 2. The van der Waals surface area contributed by atoms with Gasteiger partial charge in [0.1, 0.15) is 18.8 Å². The van der Waals surface area contributed by atoms with Crippen molar-refractivity contribution in [2.24, 2.45) is 34.5 Å². The van der Waals surface area contributed by atoms with Crippen molar-refractivity contribution in [3.8, 4) is 0 Å². The first-order valence-corrected chi connectivity index (χ1v) is 15.7. The van der Waals surface area contributed by atoms with Crippen LogP contribution >= 0.6 is 0 Å². The van der Waals surface area contributed by atoms with Crippen LogP contribution < -0.4 is 0 Å². The lowest BCUT2D eigenvalue weighted by Crippen LogP contribution is -2.62. The van der Waals surface area contributed by atoms with Crippen molar-refractivity contribution in [2.45, 2.75) is 128 Å². The van der Waals surface area contributed by atoms with Crippen LogP contribution in [0.1, 0.15) is 85.5 Å². The number of aliphatic hydroxyl groups excluding tert-OH is 1. The highest BCUT2D eigenvalue weighted by Gasteiger charge is 2.71. The van der Waals surface area contributed by atoms with Gasteiger partial charge in [0.25, 0.3) is 0 Å². The zero-order valence-corrected chi connectivity index (χ0v) is 25.2. The van der Waals surface area contributed by atoms with Gasteiger partial charge >= 0.3 is 11.9 Å². The minimum Gasteiger partial charge on any atom is -0.462 e. The Labute approximate surface area is 243 Å². The van der Waals surface area contributed by atoms with Gasteiger partial charge in [-0.15, -0.1) is 0 Å². The second-order valence-electron chi connectivity index (χ2n) is 14.3. The molecule has 0 bridgehead atoms. The van der Waals surface area contributed by atoms with Gasteiger partial charge in [0.05, 0.1) is 23.9 Å². The molecule has 0 aromatic rings. The van der Waals surface area contributed by atoms with E-state index in [1.807, 2.05) is 6.92 Å². The number of hydrogen-bond donors (Lipinski definition) is 2. The summed E-state index contributed by atoms with van der Waals surface area (Å²) in [5, 5.41) is 23.0. The van der Waals surface area contributed by atoms with Gasteiger partial charge in [-0.25, -0.2) is 4.79 Å². The summed E-state index contributed by atoms with van der Waals surface area (Å²) in [5.41, 5.74) is -0.559. The van der Waals surface area contributed by atoms with Gasteiger partial charge < -0.3 is 33.9 Å². The lowest BCUT2D eigenvalue weighted by molar-refractivity contribution is -0.273. The van der Waals surface area contributed by atoms with Crippen molar-refractivity contribution < 1.29 is 43.5 Å². The van der Waals surface area contributed by atoms with Gasteiger partial charge in [-0.2, -0.15) is 0 Å². The molecule has 4 aliphatic carbocycles. The fraction of sp³-hybridized carbons (Fsp3) is 0.875. The highest BCUT2D eigenvalue weighted by molar-refractivity contribution is 5.85. The molecule has 0 spiro atoms. The lowest BCUT2D eigenvalue weighted by atomic mass is 9.43. The SMILES string of the molecule is CO[C@@H]1C[C@H](O[C@H]2CC[C@]3(C)[C@@H](CC[C@@H]4[C@H]3CC[C@@]3(C)[C@H](C5=CC(=O)OC5)[C@@H](OC(C)=O)C[C@@]43O)C2)O[C@H](C)[C@H]1O. The zero-order chi connectivity index (χ0) is 29.3. The first-order chi connectivity index (χ1) is 19.4. The number of carbonyl (C=O) groups excluding carboxylic acids is 2. The summed E-state index contributed by atoms with van der Waals surface area (Å²) in [4.78, 5) is 24.2. The molecule has 6 aliphatic rings. The summed E-state index contributed by atoms with van der Waals surface area (Å²) in [6, 6.07) is 0. The molecule has 0 aromatic heterocycles. The lowest BCUT2D eigenvalue weighted by Gasteiger charge is -2.63. The van der Waals surface area contributed by atoms with Crippen LogP contribution in [-0.4, -0.2) is 78.3 Å². The average Bonchev–Trinajstić information content (AvgIpc) is 3.42. The van der Waals surface area contributed by atoms with E-state index in [1.54, 1.807) is 13.2 Å². The molecular formula is C32H48O9. The molecule has 9 nitrogen and oxygen atoms in total. The minimum absolute atomic E-state index is 0.0898. The van der Waals surface area contributed by atoms with Gasteiger partial charge in [0.15, 0.2) is 6.29 Å². The number of aliphatic hydroxyl groups is 2. The molecule has 0 radical (unpaired) electrons. The molecule has 9 heteroatoms. The standard InChI is InChI=1S/C32H48O9/c1-17-29(35)24(37-5)14-27(39-17)41-21-8-10-30(3)20(13-21)6-7-23-22(30)9-11-31(4)28(19-12-26(34)38-16-19)25(40-18(2)33)15-32(23,31)36/h12,17,20-25,27-29,35-36H,6-11,13-16H2,1-5H3/t17-,20+,21+,22-,23-,24-,25+,27+,28-,29-,30-,31+,32-/m1/s1. The van der Waals surface area contributed by atoms with E-state index in [-0.39, 0.29) is 60.4 Å². The van der Waals surface area contributed by atoms with Crippen molar-refractivity contribution in [2.75, 3.05) is 13.7 Å². The number of ether oxygens (including phenoxy) is 5. The van der Waals surface area contributed by atoms with Crippen LogP contribution in [0.25, 0.3) is 0 Å². The van der Waals surface area contributed by atoms with Gasteiger partial charge in [-0.05, 0) is 80.6 Å². The van der Waals surface area contributed by atoms with Crippen molar-refractivity contribution in [3.63, 3.8) is 0 Å². The van der Waals surface area contributed by atoms with Crippen molar-refractivity contribution in [1.29, 1.82) is 0 Å². The molecule has 13 atom stereocenters. The van der Waals surface area contributed by atoms with E-state index < -0.39 is 23.2 Å². The summed E-state index contributed by atoms with van der Waals surface area (Å²) < 4.78 is 29.1. The Bertz CT molecular complexity index is 1080. The maximum absolute atomic E-state index is 12.7. The Balaban J connectivity index is 1.19. The molecule has 0 amide bonds. The largest absolute Gasteiger partial charge is 0.462 e. The maximum atomic E-state index is 12.7. The predicted octanol–water partition coefficient (Wildman–Crippen LogP) is 3.68. The second-order valence-corrected chi connectivity index (χ2v) is 14.3. The van der Waals surface area contributed by atoms with Crippen molar-refractivity contribution in [3.05, 3.63) is 11.6 Å². The number of hydrogen-bond acceptors (Lipinski definition) is 9. The molecule has 6 rings (SSSR count). The van der Waals surface area contributed by atoms with Gasteiger partial charge in [-0.1, -0.05) is 13.8 Å². The smallest absolute Gasteiger partial charge is 0.331 e. The third kappa shape index (κ3) is 4.69. The molecule has 2 N–H and O–H groups in total. The Morgan fingerprint density at radius 3 is 2.54 bits per heavy atom. The van der Waals surface area contributed by atoms with E-state index in [2.05, 4.69) is 13.8 Å². The fourth-order valence-electron chi connectivity index (χ4n) is 10.4. The summed E-state index contributed by atoms with van der Waals surface area (Å²) in [5.74, 6) is 0.0175. The van der Waals surface area contributed by atoms with E-state index >= 15 is 0 Å². The third-order valence-electron chi connectivity index (χ3n) is 12.5. The molecular weight excluding hydrogens is 528 g/mol. The third-order valence-corrected chi connectivity index (χ3v) is 12.5. The molecule has 0 aromatic carbocycles. The number of esters is 2. The Kier molecular flexibility index (Phi) is 7.62. The average molecular weight is 577 g/mol. The van der Waals surface area contributed by atoms with Crippen LogP contribution in [0.5, 0.6) is 0 Å². The van der Waals surface area contributed by atoms with Crippen LogP contribution in [0.15, 0.2) is 11.6 Å². The van der Waals surface area contributed by atoms with E-state index in [4.69, 9.17) is 23.7 Å². The highest BCUT2D eigenvalue weighted by Crippen LogP contribution is 2.70. The Morgan fingerprint density at radius 1 is 1.07 bits per heavy atom. The quantitative estimate of drug-likeness (QED) is 0.373. The molecule has 4 saturated carbocycles. The van der Waals surface area contributed by atoms with Gasteiger partial charge in [0, 0.05) is 44.3 Å². The molecule has 41 heavy (non-hydrogen) atoms. The van der Waals surface area contributed by atoms with Crippen LogP contribution in [0.4, 0.5) is 0 Å². The maximum Gasteiger partial charge on any atom is 0.331 e. The van der Waals surface area contributed by atoms with Crippen LogP contribution in [0, 0.1) is 34.5 Å². The topological polar surface area (TPSA) is 121 Å². The van der Waals surface area contributed by atoms with Crippen molar-refractivity contribution in [1.82, 2.24) is 0 Å². The second kappa shape index (κ2) is 10.6. The Hall–Kier alpha value is -1.52. The monoisotopic (exact) mass is 576 g/mol. The normalized spacial score (nSPS) is 51.2. The van der Waals surface area contributed by atoms with E-state index in [9.17, 15) is 19.8 Å². The van der Waals surface area contributed by atoms with E-state index in [0.717, 1.165) is 50.5 Å². The molecule has 0 unspecified atom stereocenters. The Morgan fingerprint density at radius 2 is 1.85 bits per heavy atom. The molecule has 230 valence electrons. The first-order valence-electron chi connectivity index (χ1n) is 15.7. The number of rotatable bonds is 5. The molecule has 5 fully saturated rings. The van der Waals surface area contributed by atoms with E-state index in [0.29, 0.717) is 24.7 Å². The summed E-state index contributed by atoms with van der Waals surface area (Å²) in [7, 11) is 1.62. The fourth-order valence-corrected chi connectivity index (χ4v) is 10.4. The predicted molar refractivity (Wildman–Crippen MR) is 147 cm³/mol. The van der Waals surface area contributed by atoms with Crippen LogP contribution in [-0.2, 0) is 33.3 Å². The molecule has 2 aliphatic heterocycles. The van der Waals surface area contributed by atoms with Gasteiger partial charge in [-0.3, -0.25) is 4.79 Å². The van der Waals surface area contributed by atoms with E-state index in [1.165, 1.54) is 6.92 Å². The summed E-state index contributed by atoms with van der Waals surface area (Å²) >= 11 is 0. The minimum atomic E-state index is -0.990. The summed E-state index contributed by atoms with van der Waals surface area (Å²) in [6.45, 7) is 8.06. The number of methoxy groups -OCH3 is 1. The van der Waals surface area contributed by atoms with Crippen LogP contribution in [0.2, 0.25) is 0 Å². The number of cyclic esters (lactones) is 1. The van der Waals surface area contributed by atoms with Crippen LogP contribution in [0.3, 0.4) is 0 Å². The van der Waals surface area contributed by atoms with Gasteiger partial charge in [0.2, 0.25) is 0 Å². The zero-order valence-electron chi connectivity index (χ0n) is 25.2.